The number of nitrogens with one attached hydrogen (secondary N) is 2. The van der Waals surface area contributed by atoms with Crippen molar-refractivity contribution in [3.63, 3.8) is 0 Å². The van der Waals surface area contributed by atoms with Crippen LogP contribution in [-0.4, -0.2) is 70.1 Å². The molecule has 1 aliphatic heterocycles. The van der Waals surface area contributed by atoms with Gasteiger partial charge in [0, 0.05) is 20.0 Å². The predicted molar refractivity (Wildman–Crippen MR) is 75.8 cm³/mol. The first-order valence-electron chi connectivity index (χ1n) is 6.95. The van der Waals surface area contributed by atoms with Crippen molar-refractivity contribution in [3.8, 4) is 0 Å². The van der Waals surface area contributed by atoms with Crippen LogP contribution in [0.25, 0.3) is 0 Å². The molecule has 0 saturated heterocycles. The Kier molecular flexibility index (Phi) is 4.79. The highest BCUT2D eigenvalue weighted by Gasteiger charge is 2.37. The van der Waals surface area contributed by atoms with Gasteiger partial charge in [0.2, 0.25) is 0 Å². The Bertz CT molecular complexity index is 516. The number of carboxylic acids is 1. The molecule has 0 fully saturated rings. The third-order valence-corrected chi connectivity index (χ3v) is 3.68. The maximum atomic E-state index is 12.5. The van der Waals surface area contributed by atoms with Crippen molar-refractivity contribution in [2.45, 2.75) is 25.4 Å². The summed E-state index contributed by atoms with van der Waals surface area (Å²) in [6.07, 6.45) is 2.60. The molecular formula is C13H21N5O3. The van der Waals surface area contributed by atoms with Crippen molar-refractivity contribution in [1.29, 1.82) is 0 Å². The summed E-state index contributed by atoms with van der Waals surface area (Å²) in [4.78, 5) is 33.9. The molecule has 2 amide bonds. The Morgan fingerprint density at radius 1 is 1.62 bits per heavy atom. The van der Waals surface area contributed by atoms with Crippen LogP contribution in [0.5, 0.6) is 0 Å². The van der Waals surface area contributed by atoms with Crippen molar-refractivity contribution < 1.29 is 14.7 Å². The lowest BCUT2D eigenvalue weighted by Gasteiger charge is -2.35. The molecule has 8 nitrogen and oxygen atoms in total. The molecule has 0 radical (unpaired) electrons. The average Bonchev–Trinajstić information content (AvgIpc) is 2.92. The lowest BCUT2D eigenvalue weighted by molar-refractivity contribution is -0.142. The van der Waals surface area contributed by atoms with Gasteiger partial charge >= 0.3 is 12.0 Å². The molecule has 0 bridgehead atoms. The van der Waals surface area contributed by atoms with E-state index in [-0.39, 0.29) is 19.0 Å². The van der Waals surface area contributed by atoms with Crippen molar-refractivity contribution in [2.24, 2.45) is 0 Å². The van der Waals surface area contributed by atoms with E-state index in [0.29, 0.717) is 6.54 Å². The van der Waals surface area contributed by atoms with Crippen LogP contribution in [-0.2, 0) is 17.8 Å². The van der Waals surface area contributed by atoms with Crippen LogP contribution in [0, 0.1) is 0 Å². The summed E-state index contributed by atoms with van der Waals surface area (Å²) in [5.74, 6) is -0.999. The van der Waals surface area contributed by atoms with Crippen LogP contribution >= 0.6 is 0 Å². The molecule has 0 spiro atoms. The molecule has 0 saturated carbocycles. The number of aromatic nitrogens is 2. The molecule has 21 heavy (non-hydrogen) atoms. The van der Waals surface area contributed by atoms with E-state index in [4.69, 9.17) is 0 Å². The number of carboxylic acid groups (broad SMARTS) is 1. The van der Waals surface area contributed by atoms with E-state index in [2.05, 4.69) is 15.3 Å². The molecule has 1 atom stereocenters. The lowest BCUT2D eigenvalue weighted by Crippen LogP contribution is -2.52. The van der Waals surface area contributed by atoms with Gasteiger partial charge in [-0.05, 0) is 20.0 Å². The highest BCUT2D eigenvalue weighted by atomic mass is 16.4. The van der Waals surface area contributed by atoms with E-state index >= 15 is 0 Å². The van der Waals surface area contributed by atoms with E-state index in [0.717, 1.165) is 24.4 Å². The number of imidazole rings is 1. The summed E-state index contributed by atoms with van der Waals surface area (Å²) in [6.45, 7) is 1.64. The van der Waals surface area contributed by atoms with Gasteiger partial charge < -0.3 is 25.2 Å². The van der Waals surface area contributed by atoms with Gasteiger partial charge in [-0.3, -0.25) is 0 Å². The number of hydrogen-bond donors (Lipinski definition) is 3. The predicted octanol–water partition coefficient (Wildman–Crippen LogP) is -0.118. The first-order valence-corrected chi connectivity index (χ1v) is 6.95. The Morgan fingerprint density at radius 2 is 2.38 bits per heavy atom. The molecule has 1 unspecified atom stereocenters. The number of urea groups is 1. The minimum atomic E-state index is -0.999. The van der Waals surface area contributed by atoms with Gasteiger partial charge in [0.15, 0.2) is 0 Å². The molecule has 1 aliphatic rings. The number of fused-ring (bicyclic) bond motifs is 1. The molecular weight excluding hydrogens is 274 g/mol. The normalized spacial score (nSPS) is 17.4. The fourth-order valence-electron chi connectivity index (χ4n) is 2.47. The van der Waals surface area contributed by atoms with Crippen molar-refractivity contribution in [2.75, 3.05) is 27.2 Å². The summed E-state index contributed by atoms with van der Waals surface area (Å²) in [5, 5.41) is 12.4. The molecule has 2 heterocycles. The molecule has 1 aromatic rings. The van der Waals surface area contributed by atoms with Crippen molar-refractivity contribution in [3.05, 3.63) is 17.7 Å². The van der Waals surface area contributed by atoms with E-state index in [1.54, 1.807) is 11.9 Å². The van der Waals surface area contributed by atoms with E-state index in [1.807, 2.05) is 7.05 Å². The summed E-state index contributed by atoms with van der Waals surface area (Å²) >= 11 is 0. The number of rotatable bonds is 5. The Labute approximate surface area is 123 Å². The maximum Gasteiger partial charge on any atom is 0.326 e. The standard InChI is InChI=1S/C13H21N5O3/c1-14-4-3-5-17(2)13(21)18-7-10-9(15-8-16-10)6-11(18)12(19)20/h8,11,14H,3-7H2,1-2H3,(H,15,16)(H,19,20). The van der Waals surface area contributed by atoms with E-state index < -0.39 is 12.0 Å². The number of amides is 2. The van der Waals surface area contributed by atoms with Gasteiger partial charge in [-0.1, -0.05) is 0 Å². The number of carbonyl (C=O) groups excluding carboxylic acids is 1. The maximum absolute atomic E-state index is 12.5. The van der Waals surface area contributed by atoms with Crippen LogP contribution in [0.15, 0.2) is 6.33 Å². The second kappa shape index (κ2) is 6.57. The number of aliphatic carboxylic acids is 1. The van der Waals surface area contributed by atoms with Crippen LogP contribution in [0.2, 0.25) is 0 Å². The fraction of sp³-hybridized carbons (Fsp3) is 0.615. The molecule has 3 N–H and O–H groups in total. The molecule has 0 aliphatic carbocycles. The second-order valence-electron chi connectivity index (χ2n) is 5.18. The third-order valence-electron chi connectivity index (χ3n) is 3.68. The van der Waals surface area contributed by atoms with Gasteiger partial charge in [0.1, 0.15) is 6.04 Å². The minimum absolute atomic E-state index is 0.240. The fourth-order valence-corrected chi connectivity index (χ4v) is 2.47. The van der Waals surface area contributed by atoms with Crippen LogP contribution in [0.4, 0.5) is 4.79 Å². The van der Waals surface area contributed by atoms with E-state index in [1.165, 1.54) is 11.2 Å². The smallest absolute Gasteiger partial charge is 0.326 e. The summed E-state index contributed by atoms with van der Waals surface area (Å²) in [7, 11) is 3.55. The number of hydrogen-bond acceptors (Lipinski definition) is 4. The molecule has 0 aromatic carbocycles. The number of aromatic amines is 1. The first kappa shape index (κ1) is 15.3. The van der Waals surface area contributed by atoms with Gasteiger partial charge in [-0.2, -0.15) is 0 Å². The lowest BCUT2D eigenvalue weighted by atomic mass is 10.0. The third kappa shape index (κ3) is 3.33. The van der Waals surface area contributed by atoms with Crippen LogP contribution in [0.3, 0.4) is 0 Å². The molecule has 2 rings (SSSR count). The number of H-pyrrole nitrogens is 1. The highest BCUT2D eigenvalue weighted by molar-refractivity contribution is 5.83. The van der Waals surface area contributed by atoms with Crippen molar-refractivity contribution >= 4 is 12.0 Å². The summed E-state index contributed by atoms with van der Waals surface area (Å²) in [5.41, 5.74) is 1.54. The summed E-state index contributed by atoms with van der Waals surface area (Å²) in [6, 6.07) is -1.13. The minimum Gasteiger partial charge on any atom is -0.480 e. The van der Waals surface area contributed by atoms with Gasteiger partial charge in [-0.25, -0.2) is 14.6 Å². The van der Waals surface area contributed by atoms with E-state index in [9.17, 15) is 14.7 Å². The Balaban J connectivity index is 2.08. The molecule has 1 aromatic heterocycles. The summed E-state index contributed by atoms with van der Waals surface area (Å²) < 4.78 is 0. The molecule has 8 heteroatoms. The molecule has 116 valence electrons. The van der Waals surface area contributed by atoms with Gasteiger partial charge in [0.05, 0.1) is 24.3 Å². The second-order valence-corrected chi connectivity index (χ2v) is 5.18. The average molecular weight is 295 g/mol. The monoisotopic (exact) mass is 295 g/mol. The zero-order chi connectivity index (χ0) is 15.4. The Morgan fingerprint density at radius 3 is 3.05 bits per heavy atom. The number of carbonyl (C=O) groups is 2. The highest BCUT2D eigenvalue weighted by Crippen LogP contribution is 2.22. The SMILES string of the molecule is CNCCCN(C)C(=O)N1Cc2[nH]cnc2CC1C(=O)O. The first-order chi connectivity index (χ1) is 10.0. The van der Waals surface area contributed by atoms with Crippen LogP contribution < -0.4 is 5.32 Å². The number of nitrogens with zero attached hydrogens (tertiary/aromatic N) is 3. The largest absolute Gasteiger partial charge is 0.480 e. The zero-order valence-electron chi connectivity index (χ0n) is 12.3. The van der Waals surface area contributed by atoms with Crippen LogP contribution in [0.1, 0.15) is 17.8 Å². The quantitative estimate of drug-likeness (QED) is 0.658. The van der Waals surface area contributed by atoms with Gasteiger partial charge in [0.25, 0.3) is 0 Å². The Hall–Kier alpha value is -2.09. The topological polar surface area (TPSA) is 102 Å². The zero-order valence-corrected chi connectivity index (χ0v) is 12.3. The van der Waals surface area contributed by atoms with Gasteiger partial charge in [-0.15, -0.1) is 0 Å². The van der Waals surface area contributed by atoms with Crippen molar-refractivity contribution in [1.82, 2.24) is 25.1 Å².